The molecule has 2 saturated heterocycles. The highest BCUT2D eigenvalue weighted by atomic mass is 19.4. The summed E-state index contributed by atoms with van der Waals surface area (Å²) in [5, 5.41) is 20.9. The Kier molecular flexibility index (Phi) is 13.0. The highest BCUT2D eigenvalue weighted by molar-refractivity contribution is 5.97. The lowest BCUT2D eigenvalue weighted by molar-refractivity contribution is -0.193. The molecule has 0 spiro atoms. The van der Waals surface area contributed by atoms with Crippen molar-refractivity contribution in [3.63, 3.8) is 0 Å². The molecule has 0 radical (unpaired) electrons. The lowest BCUT2D eigenvalue weighted by atomic mass is 10.0. The van der Waals surface area contributed by atoms with E-state index in [0.717, 1.165) is 39.1 Å². The molecule has 18 heteroatoms. The van der Waals surface area contributed by atoms with E-state index in [1.807, 2.05) is 4.90 Å². The highest BCUT2D eigenvalue weighted by Crippen LogP contribution is 2.24. The number of likely N-dealkylation sites (tertiary alicyclic amines) is 1. The summed E-state index contributed by atoms with van der Waals surface area (Å²) in [5.74, 6) is -5.75. The zero-order valence-electron chi connectivity index (χ0n) is 21.9. The van der Waals surface area contributed by atoms with Crippen LogP contribution >= 0.6 is 0 Å². The van der Waals surface area contributed by atoms with Gasteiger partial charge < -0.3 is 24.7 Å². The summed E-state index contributed by atoms with van der Waals surface area (Å²) in [6, 6.07) is 1.90. The monoisotopic (exact) mass is 591 g/mol. The van der Waals surface area contributed by atoms with E-state index in [-0.39, 0.29) is 17.8 Å². The first-order valence-corrected chi connectivity index (χ1v) is 11.8. The Bertz CT molecular complexity index is 991. The van der Waals surface area contributed by atoms with Gasteiger partial charge in [-0.15, -0.1) is 0 Å². The lowest BCUT2D eigenvalue weighted by Crippen LogP contribution is -2.52. The summed E-state index contributed by atoms with van der Waals surface area (Å²) in [6.07, 6.45) is -8.25. The molecule has 40 heavy (non-hydrogen) atoms. The van der Waals surface area contributed by atoms with Gasteiger partial charge in [0.1, 0.15) is 11.4 Å². The van der Waals surface area contributed by atoms with Crippen molar-refractivity contribution in [3.05, 3.63) is 17.5 Å². The number of aromatic amines is 1. The number of halogens is 6. The SMILES string of the molecule is CC(=O)c1cc(C(=O)N2CCC3OCCN(CCN(C)C)C3CC2)[nH]n1.O=C(O)C(F)(F)F.O=C(O)C(F)(F)F. The molecular weight excluding hydrogens is 560 g/mol. The van der Waals surface area contributed by atoms with Crippen molar-refractivity contribution in [1.29, 1.82) is 0 Å². The molecule has 0 aromatic carbocycles. The number of carbonyl (C=O) groups is 4. The zero-order valence-corrected chi connectivity index (χ0v) is 21.9. The number of carboxylic acid groups (broad SMARTS) is 2. The van der Waals surface area contributed by atoms with Gasteiger partial charge in [0.05, 0.1) is 12.7 Å². The number of hydrogen-bond acceptors (Lipinski definition) is 8. The number of ether oxygens (including phenoxy) is 1. The van der Waals surface area contributed by atoms with Gasteiger partial charge in [-0.1, -0.05) is 0 Å². The first-order chi connectivity index (χ1) is 18.3. The predicted molar refractivity (Wildman–Crippen MR) is 125 cm³/mol. The van der Waals surface area contributed by atoms with Crippen LogP contribution in [0.25, 0.3) is 0 Å². The first-order valence-electron chi connectivity index (χ1n) is 11.8. The van der Waals surface area contributed by atoms with Gasteiger partial charge in [0.15, 0.2) is 5.78 Å². The van der Waals surface area contributed by atoms with E-state index < -0.39 is 24.3 Å². The van der Waals surface area contributed by atoms with Gasteiger partial charge in [0.25, 0.3) is 5.91 Å². The summed E-state index contributed by atoms with van der Waals surface area (Å²) < 4.78 is 69.5. The zero-order chi connectivity index (χ0) is 30.8. The van der Waals surface area contributed by atoms with Crippen molar-refractivity contribution >= 4 is 23.6 Å². The van der Waals surface area contributed by atoms with Crippen molar-refractivity contribution in [2.24, 2.45) is 0 Å². The molecule has 0 bridgehead atoms. The maximum atomic E-state index is 12.8. The number of amides is 1. The number of aromatic nitrogens is 2. The Morgan fingerprint density at radius 1 is 1.02 bits per heavy atom. The van der Waals surface area contributed by atoms with Crippen LogP contribution in [-0.4, -0.2) is 137 Å². The summed E-state index contributed by atoms with van der Waals surface area (Å²) >= 11 is 0. The number of morpholine rings is 1. The minimum absolute atomic E-state index is 0.0940. The molecule has 1 aromatic heterocycles. The van der Waals surface area contributed by atoms with Crippen LogP contribution in [0.2, 0.25) is 0 Å². The topological polar surface area (TPSA) is 156 Å². The Balaban J connectivity index is 0.000000473. The van der Waals surface area contributed by atoms with Crippen molar-refractivity contribution in [3.8, 4) is 0 Å². The average Bonchev–Trinajstić information content (AvgIpc) is 3.23. The van der Waals surface area contributed by atoms with Crippen molar-refractivity contribution in [2.45, 2.75) is 44.3 Å². The van der Waals surface area contributed by atoms with E-state index in [4.69, 9.17) is 24.5 Å². The number of hydrogen-bond donors (Lipinski definition) is 3. The molecule has 2 aliphatic heterocycles. The second-order valence-electron chi connectivity index (χ2n) is 9.01. The number of rotatable bonds is 5. The van der Waals surface area contributed by atoms with Gasteiger partial charge in [-0.2, -0.15) is 31.4 Å². The first kappa shape index (κ1) is 34.8. The molecule has 2 aliphatic rings. The standard InChI is InChI=1S/C18H29N5O3.2C2HF3O2/c1-13(24)14-12-15(20-19-14)18(25)23-6-4-16-17(5-7-23)26-11-10-22(16)9-8-21(2)3;2*3-2(4,5)1(6)7/h12,16-17H,4-11H2,1-3H3,(H,19,20);2*(H,6,7). The summed E-state index contributed by atoms with van der Waals surface area (Å²) in [4.78, 5) is 48.5. The van der Waals surface area contributed by atoms with Gasteiger partial charge in [-0.3, -0.25) is 19.6 Å². The molecule has 3 rings (SSSR count). The van der Waals surface area contributed by atoms with E-state index in [0.29, 0.717) is 30.5 Å². The molecule has 2 atom stereocenters. The Morgan fingerprint density at radius 3 is 2.00 bits per heavy atom. The molecule has 2 fully saturated rings. The fourth-order valence-corrected chi connectivity index (χ4v) is 3.75. The van der Waals surface area contributed by atoms with Crippen molar-refractivity contribution in [1.82, 2.24) is 24.9 Å². The number of ketones is 1. The number of Topliss-reactive ketones (excluding diaryl/α,β-unsaturated/α-hetero) is 1. The van der Waals surface area contributed by atoms with Gasteiger partial charge in [-0.25, -0.2) is 9.59 Å². The van der Waals surface area contributed by atoms with E-state index in [2.05, 4.69) is 34.1 Å². The number of aliphatic carboxylic acids is 2. The van der Waals surface area contributed by atoms with Crippen molar-refractivity contribution < 1.29 is 60.5 Å². The number of nitrogens with one attached hydrogen (secondary N) is 1. The summed E-state index contributed by atoms with van der Waals surface area (Å²) in [5.41, 5.74) is 0.681. The van der Waals surface area contributed by atoms with Crippen LogP contribution in [0, 0.1) is 0 Å². The highest BCUT2D eigenvalue weighted by Gasteiger charge is 2.39. The molecule has 3 N–H and O–H groups in total. The maximum absolute atomic E-state index is 12.8. The van der Waals surface area contributed by atoms with Gasteiger partial charge in [0.2, 0.25) is 0 Å². The molecule has 1 aromatic rings. The molecule has 2 unspecified atom stereocenters. The number of H-pyrrole nitrogens is 1. The molecule has 0 aliphatic carbocycles. The normalized spacial score (nSPS) is 19.8. The molecule has 3 heterocycles. The predicted octanol–water partition coefficient (Wildman–Crippen LogP) is 1.75. The molecular formula is C22H31F6N5O7. The fourth-order valence-electron chi connectivity index (χ4n) is 3.75. The third-order valence-electron chi connectivity index (χ3n) is 5.76. The van der Waals surface area contributed by atoms with Crippen LogP contribution in [0.15, 0.2) is 6.07 Å². The van der Waals surface area contributed by atoms with E-state index in [1.54, 1.807) is 6.07 Å². The summed E-state index contributed by atoms with van der Waals surface area (Å²) in [7, 11) is 4.18. The van der Waals surface area contributed by atoms with E-state index in [9.17, 15) is 35.9 Å². The Labute approximate surface area is 224 Å². The molecule has 1 amide bonds. The van der Waals surface area contributed by atoms with E-state index >= 15 is 0 Å². The number of likely N-dealkylation sites (N-methyl/N-ethyl adjacent to an activating group) is 1. The van der Waals surface area contributed by atoms with Crippen LogP contribution < -0.4 is 0 Å². The fraction of sp³-hybridized carbons (Fsp3) is 0.682. The van der Waals surface area contributed by atoms with Crippen LogP contribution in [0.3, 0.4) is 0 Å². The smallest absolute Gasteiger partial charge is 0.475 e. The largest absolute Gasteiger partial charge is 0.490 e. The number of carboxylic acids is 2. The van der Waals surface area contributed by atoms with Gasteiger partial charge in [-0.05, 0) is 33.0 Å². The number of nitrogens with zero attached hydrogens (tertiary/aromatic N) is 4. The third-order valence-corrected chi connectivity index (χ3v) is 5.76. The second-order valence-corrected chi connectivity index (χ2v) is 9.01. The van der Waals surface area contributed by atoms with E-state index in [1.165, 1.54) is 6.92 Å². The minimum atomic E-state index is -5.08. The van der Waals surface area contributed by atoms with Gasteiger partial charge >= 0.3 is 24.3 Å². The maximum Gasteiger partial charge on any atom is 0.490 e. The number of fused-ring (bicyclic) bond motifs is 1. The summed E-state index contributed by atoms with van der Waals surface area (Å²) in [6.45, 7) is 6.55. The van der Waals surface area contributed by atoms with Gasteiger partial charge in [0, 0.05) is 45.7 Å². The number of alkyl halides is 6. The molecule has 228 valence electrons. The minimum Gasteiger partial charge on any atom is -0.475 e. The van der Waals surface area contributed by atoms with Crippen LogP contribution in [0.5, 0.6) is 0 Å². The third kappa shape index (κ3) is 11.5. The second kappa shape index (κ2) is 14.9. The molecule has 12 nitrogen and oxygen atoms in total. The van der Waals surface area contributed by atoms with Crippen LogP contribution in [0.1, 0.15) is 40.7 Å². The Morgan fingerprint density at radius 2 is 1.55 bits per heavy atom. The average molecular weight is 592 g/mol. The lowest BCUT2D eigenvalue weighted by Gasteiger charge is -2.40. The molecule has 0 saturated carbocycles. The van der Waals surface area contributed by atoms with Crippen molar-refractivity contribution in [2.75, 3.05) is 53.4 Å². The quantitative estimate of drug-likeness (QED) is 0.341. The van der Waals surface area contributed by atoms with Crippen LogP contribution in [0.4, 0.5) is 26.3 Å². The number of carbonyl (C=O) groups excluding carboxylic acids is 2. The van der Waals surface area contributed by atoms with Crippen LogP contribution in [-0.2, 0) is 14.3 Å². The Hall–Kier alpha value is -3.25.